The molecule has 0 bridgehead atoms. The second-order valence-corrected chi connectivity index (χ2v) is 7.11. The van der Waals surface area contributed by atoms with Crippen molar-refractivity contribution in [3.05, 3.63) is 35.4 Å². The zero-order valence-electron chi connectivity index (χ0n) is 12.8. The number of carbonyl (C=O) groups excluding carboxylic acids is 1. The SMILES string of the molecule is CCc1ccc(C(CS(=O)(=O)CCC(=O)OC)NC)cc1. The van der Waals surface area contributed by atoms with Crippen molar-refractivity contribution in [3.63, 3.8) is 0 Å². The molecule has 0 saturated carbocycles. The molecule has 0 spiro atoms. The Bertz CT molecular complexity index is 552. The van der Waals surface area contributed by atoms with Gasteiger partial charge in [-0.05, 0) is 24.6 Å². The van der Waals surface area contributed by atoms with Crippen LogP contribution in [0.3, 0.4) is 0 Å². The molecule has 1 aromatic rings. The molecule has 0 aliphatic rings. The smallest absolute Gasteiger partial charge is 0.306 e. The number of sulfone groups is 1. The number of aryl methyl sites for hydroxylation is 1. The molecular formula is C15H23NO4S. The maximum atomic E-state index is 12.1. The topological polar surface area (TPSA) is 72.5 Å². The van der Waals surface area contributed by atoms with Crippen molar-refractivity contribution in [1.29, 1.82) is 0 Å². The Hall–Kier alpha value is -1.40. The summed E-state index contributed by atoms with van der Waals surface area (Å²) in [5.41, 5.74) is 2.14. The molecule has 1 unspecified atom stereocenters. The van der Waals surface area contributed by atoms with E-state index in [2.05, 4.69) is 17.0 Å². The van der Waals surface area contributed by atoms with Gasteiger partial charge in [-0.1, -0.05) is 31.2 Å². The van der Waals surface area contributed by atoms with Crippen molar-refractivity contribution in [2.45, 2.75) is 25.8 Å². The maximum Gasteiger partial charge on any atom is 0.306 e. The monoisotopic (exact) mass is 313 g/mol. The number of esters is 1. The third kappa shape index (κ3) is 5.85. The minimum Gasteiger partial charge on any atom is -0.469 e. The molecule has 1 aromatic carbocycles. The predicted molar refractivity (Wildman–Crippen MR) is 82.9 cm³/mol. The summed E-state index contributed by atoms with van der Waals surface area (Å²) >= 11 is 0. The van der Waals surface area contributed by atoms with Gasteiger partial charge in [0, 0.05) is 6.04 Å². The first-order valence-electron chi connectivity index (χ1n) is 6.95. The average Bonchev–Trinajstić information content (AvgIpc) is 2.50. The summed E-state index contributed by atoms with van der Waals surface area (Å²) in [4.78, 5) is 11.1. The normalized spacial score (nSPS) is 12.9. The first-order valence-corrected chi connectivity index (χ1v) is 8.77. The van der Waals surface area contributed by atoms with Crippen molar-refractivity contribution < 1.29 is 17.9 Å². The first kappa shape index (κ1) is 17.7. The second-order valence-electron chi connectivity index (χ2n) is 4.88. The number of rotatable bonds is 8. The molecule has 0 amide bonds. The van der Waals surface area contributed by atoms with E-state index < -0.39 is 15.8 Å². The van der Waals surface area contributed by atoms with Crippen molar-refractivity contribution in [3.8, 4) is 0 Å². The summed E-state index contributed by atoms with van der Waals surface area (Å²) in [5.74, 6) is -0.733. The summed E-state index contributed by atoms with van der Waals surface area (Å²) < 4.78 is 28.6. The Labute approximate surface area is 126 Å². The van der Waals surface area contributed by atoms with Crippen LogP contribution in [0.1, 0.15) is 30.5 Å². The van der Waals surface area contributed by atoms with E-state index in [1.807, 2.05) is 24.3 Å². The number of benzene rings is 1. The van der Waals surface area contributed by atoms with E-state index in [0.717, 1.165) is 12.0 Å². The molecule has 1 atom stereocenters. The molecule has 0 saturated heterocycles. The van der Waals surface area contributed by atoms with E-state index in [0.29, 0.717) is 0 Å². The highest BCUT2D eigenvalue weighted by Crippen LogP contribution is 2.17. The van der Waals surface area contributed by atoms with Crippen LogP contribution in [-0.2, 0) is 25.8 Å². The number of hydrogen-bond acceptors (Lipinski definition) is 5. The van der Waals surface area contributed by atoms with Crippen molar-refractivity contribution >= 4 is 15.8 Å². The van der Waals surface area contributed by atoms with Gasteiger partial charge in [0.2, 0.25) is 0 Å². The third-order valence-electron chi connectivity index (χ3n) is 3.40. The Morgan fingerprint density at radius 1 is 1.29 bits per heavy atom. The van der Waals surface area contributed by atoms with Gasteiger partial charge in [-0.2, -0.15) is 0 Å². The van der Waals surface area contributed by atoms with Gasteiger partial charge in [0.25, 0.3) is 0 Å². The van der Waals surface area contributed by atoms with Gasteiger partial charge in [-0.3, -0.25) is 4.79 Å². The molecule has 0 aliphatic heterocycles. The predicted octanol–water partition coefficient (Wildman–Crippen LogP) is 1.49. The summed E-state index contributed by atoms with van der Waals surface area (Å²) in [5, 5.41) is 3.02. The highest BCUT2D eigenvalue weighted by Gasteiger charge is 2.20. The lowest BCUT2D eigenvalue weighted by atomic mass is 10.1. The summed E-state index contributed by atoms with van der Waals surface area (Å²) in [6.45, 7) is 2.07. The van der Waals surface area contributed by atoms with Gasteiger partial charge >= 0.3 is 5.97 Å². The minimum atomic E-state index is -3.33. The molecule has 1 rings (SSSR count). The average molecular weight is 313 g/mol. The lowest BCUT2D eigenvalue weighted by molar-refractivity contribution is -0.140. The quantitative estimate of drug-likeness (QED) is 0.736. The summed E-state index contributed by atoms with van der Waals surface area (Å²) in [6, 6.07) is 7.60. The van der Waals surface area contributed by atoms with E-state index in [1.54, 1.807) is 7.05 Å². The molecular weight excluding hydrogens is 290 g/mol. The molecule has 0 fully saturated rings. The first-order chi connectivity index (χ1) is 9.91. The molecule has 0 aliphatic carbocycles. The molecule has 6 heteroatoms. The fourth-order valence-corrected chi connectivity index (χ4v) is 3.52. The van der Waals surface area contributed by atoms with Gasteiger partial charge in [-0.25, -0.2) is 8.42 Å². The van der Waals surface area contributed by atoms with Crippen molar-refractivity contribution in [1.82, 2.24) is 5.32 Å². The van der Waals surface area contributed by atoms with Crippen LogP contribution >= 0.6 is 0 Å². The highest BCUT2D eigenvalue weighted by molar-refractivity contribution is 7.91. The fourth-order valence-electron chi connectivity index (χ4n) is 2.01. The van der Waals surface area contributed by atoms with Crippen LogP contribution in [0.25, 0.3) is 0 Å². The Balaban J connectivity index is 2.73. The van der Waals surface area contributed by atoms with E-state index in [9.17, 15) is 13.2 Å². The zero-order chi connectivity index (χ0) is 15.9. The molecule has 0 aromatic heterocycles. The Kier molecular flexibility index (Phi) is 6.84. The van der Waals surface area contributed by atoms with Crippen LogP contribution in [0.2, 0.25) is 0 Å². The molecule has 118 valence electrons. The van der Waals surface area contributed by atoms with E-state index >= 15 is 0 Å². The number of hydrogen-bond donors (Lipinski definition) is 1. The van der Waals surface area contributed by atoms with Gasteiger partial charge in [-0.15, -0.1) is 0 Å². The standard InChI is InChI=1S/C15H23NO4S/c1-4-12-5-7-13(8-6-12)14(16-2)11-21(18,19)10-9-15(17)20-3/h5-8,14,16H,4,9-11H2,1-3H3. The summed E-state index contributed by atoms with van der Waals surface area (Å²) in [6.07, 6.45) is 0.839. The van der Waals surface area contributed by atoms with Gasteiger partial charge in [0.15, 0.2) is 9.84 Å². The number of methoxy groups -OCH3 is 1. The summed E-state index contributed by atoms with van der Waals surface area (Å²) in [7, 11) is -0.344. The Morgan fingerprint density at radius 2 is 1.90 bits per heavy atom. The highest BCUT2D eigenvalue weighted by atomic mass is 32.2. The molecule has 0 radical (unpaired) electrons. The Morgan fingerprint density at radius 3 is 2.38 bits per heavy atom. The fraction of sp³-hybridized carbons (Fsp3) is 0.533. The van der Waals surface area contributed by atoms with E-state index in [-0.39, 0.29) is 24.0 Å². The molecule has 5 nitrogen and oxygen atoms in total. The van der Waals surface area contributed by atoms with E-state index in [1.165, 1.54) is 12.7 Å². The van der Waals surface area contributed by atoms with Crippen molar-refractivity contribution in [2.75, 3.05) is 25.7 Å². The maximum absolute atomic E-state index is 12.1. The zero-order valence-corrected chi connectivity index (χ0v) is 13.6. The second kappa shape index (κ2) is 8.14. The van der Waals surface area contributed by atoms with Gasteiger partial charge < -0.3 is 10.1 Å². The number of ether oxygens (including phenoxy) is 1. The lowest BCUT2D eigenvalue weighted by Gasteiger charge is -2.17. The van der Waals surface area contributed by atoms with Crippen LogP contribution in [0.5, 0.6) is 0 Å². The van der Waals surface area contributed by atoms with Crippen LogP contribution < -0.4 is 5.32 Å². The van der Waals surface area contributed by atoms with Crippen LogP contribution in [-0.4, -0.2) is 40.1 Å². The van der Waals surface area contributed by atoms with Crippen LogP contribution in [0.15, 0.2) is 24.3 Å². The largest absolute Gasteiger partial charge is 0.469 e. The van der Waals surface area contributed by atoms with Crippen LogP contribution in [0.4, 0.5) is 0 Å². The molecule has 21 heavy (non-hydrogen) atoms. The van der Waals surface area contributed by atoms with E-state index in [4.69, 9.17) is 0 Å². The molecule has 0 heterocycles. The van der Waals surface area contributed by atoms with Crippen LogP contribution in [0, 0.1) is 0 Å². The third-order valence-corrected chi connectivity index (χ3v) is 5.07. The number of carbonyl (C=O) groups is 1. The minimum absolute atomic E-state index is 0.0357. The lowest BCUT2D eigenvalue weighted by Crippen LogP contribution is -2.27. The van der Waals surface area contributed by atoms with Gasteiger partial charge in [0.05, 0.1) is 25.0 Å². The number of nitrogens with one attached hydrogen (secondary N) is 1. The van der Waals surface area contributed by atoms with Gasteiger partial charge in [0.1, 0.15) is 0 Å². The molecule has 1 N–H and O–H groups in total. The van der Waals surface area contributed by atoms with Crippen molar-refractivity contribution in [2.24, 2.45) is 0 Å².